The van der Waals surface area contributed by atoms with Gasteiger partial charge in [-0.25, -0.2) is 4.98 Å². The Morgan fingerprint density at radius 1 is 1.14 bits per heavy atom. The van der Waals surface area contributed by atoms with E-state index in [9.17, 15) is 0 Å². The average molecular weight is 276 g/mol. The lowest BCUT2D eigenvalue weighted by Gasteiger charge is -2.09. The fraction of sp³-hybridized carbons (Fsp3) is 0.167. The van der Waals surface area contributed by atoms with Gasteiger partial charge in [-0.05, 0) is 23.1 Å². The number of ether oxygens (including phenoxy) is 1. The van der Waals surface area contributed by atoms with Crippen LogP contribution in [0.4, 0.5) is 0 Å². The van der Waals surface area contributed by atoms with Crippen molar-refractivity contribution in [2.75, 3.05) is 7.11 Å². The van der Waals surface area contributed by atoms with E-state index < -0.39 is 0 Å². The third-order valence-corrected chi connectivity index (χ3v) is 3.28. The smallest absolute Gasteiger partial charge is 0.200 e. The molecule has 0 saturated heterocycles. The Hall–Kier alpha value is -2.73. The van der Waals surface area contributed by atoms with E-state index in [1.54, 1.807) is 13.3 Å². The van der Waals surface area contributed by atoms with E-state index in [2.05, 4.69) is 35.0 Å². The van der Waals surface area contributed by atoms with Crippen molar-refractivity contribution in [3.8, 4) is 28.8 Å². The third kappa shape index (κ3) is 2.48. The van der Waals surface area contributed by atoms with E-state index in [4.69, 9.17) is 4.74 Å². The first-order chi connectivity index (χ1) is 10.3. The molecule has 0 aliphatic carbocycles. The van der Waals surface area contributed by atoms with Gasteiger partial charge in [0.1, 0.15) is 11.3 Å². The Labute approximate surface area is 124 Å². The van der Waals surface area contributed by atoms with Gasteiger partial charge in [-0.2, -0.15) is 0 Å². The highest BCUT2D eigenvalue weighted by Gasteiger charge is 2.10. The number of pyridine rings is 1. The topological polar surface area (TPSA) is 26.5 Å². The standard InChI is InChI=1S/C18H16N2O/c1-3-4-10-16-13-19-17-11-15(12-18(21-2)20(16)17)14-8-6-5-7-9-14/h5-9,11-13H,3H2,1-2H3. The number of imidazole rings is 1. The molecule has 3 nitrogen and oxygen atoms in total. The minimum absolute atomic E-state index is 0.740. The number of aromatic nitrogens is 2. The summed E-state index contributed by atoms with van der Waals surface area (Å²) in [7, 11) is 1.67. The molecule has 0 N–H and O–H groups in total. The van der Waals surface area contributed by atoms with Gasteiger partial charge in [0, 0.05) is 12.5 Å². The summed E-state index contributed by atoms with van der Waals surface area (Å²) in [6, 6.07) is 14.3. The highest BCUT2D eigenvalue weighted by Crippen LogP contribution is 2.27. The van der Waals surface area contributed by atoms with Gasteiger partial charge in [0.2, 0.25) is 5.88 Å². The molecule has 2 aromatic heterocycles. The molecule has 0 fully saturated rings. The molecule has 0 bridgehead atoms. The summed E-state index contributed by atoms with van der Waals surface area (Å²) in [5, 5.41) is 0. The van der Waals surface area contributed by atoms with Gasteiger partial charge in [-0.15, -0.1) is 0 Å². The average Bonchev–Trinajstić information content (AvgIpc) is 2.96. The van der Waals surface area contributed by atoms with Crippen LogP contribution in [0.5, 0.6) is 5.88 Å². The van der Waals surface area contributed by atoms with Crippen LogP contribution < -0.4 is 4.74 Å². The molecule has 3 aromatic rings. The molecule has 0 atom stereocenters. The fourth-order valence-corrected chi connectivity index (χ4v) is 2.29. The maximum absolute atomic E-state index is 5.52. The van der Waals surface area contributed by atoms with Gasteiger partial charge < -0.3 is 4.74 Å². The van der Waals surface area contributed by atoms with Gasteiger partial charge in [-0.3, -0.25) is 4.40 Å². The molecule has 0 amide bonds. The Kier molecular flexibility index (Phi) is 3.61. The molecule has 0 aliphatic rings. The second-order valence-corrected chi connectivity index (χ2v) is 4.64. The third-order valence-electron chi connectivity index (χ3n) is 3.28. The zero-order chi connectivity index (χ0) is 14.7. The molecule has 0 spiro atoms. The number of fused-ring (bicyclic) bond motifs is 1. The molecule has 1 aromatic carbocycles. The lowest BCUT2D eigenvalue weighted by Crippen LogP contribution is -1.97. The minimum atomic E-state index is 0.740. The van der Waals surface area contributed by atoms with Crippen molar-refractivity contribution in [2.24, 2.45) is 0 Å². The monoisotopic (exact) mass is 276 g/mol. The lowest BCUT2D eigenvalue weighted by atomic mass is 10.1. The van der Waals surface area contributed by atoms with Crippen LogP contribution in [-0.2, 0) is 0 Å². The number of nitrogens with zero attached hydrogens (tertiary/aromatic N) is 2. The molecule has 0 unspecified atom stereocenters. The summed E-state index contributed by atoms with van der Waals surface area (Å²) in [5.41, 5.74) is 3.92. The second kappa shape index (κ2) is 5.72. The van der Waals surface area contributed by atoms with Crippen LogP contribution in [0.15, 0.2) is 48.7 Å². The fourth-order valence-electron chi connectivity index (χ4n) is 2.29. The first-order valence-corrected chi connectivity index (χ1v) is 6.93. The molecular formula is C18H16N2O. The van der Waals surface area contributed by atoms with Crippen LogP contribution in [0.25, 0.3) is 16.8 Å². The van der Waals surface area contributed by atoms with E-state index in [1.807, 2.05) is 35.6 Å². The van der Waals surface area contributed by atoms with Crippen molar-refractivity contribution in [1.29, 1.82) is 0 Å². The van der Waals surface area contributed by atoms with E-state index in [1.165, 1.54) is 0 Å². The predicted molar refractivity (Wildman–Crippen MR) is 84.3 cm³/mol. The van der Waals surface area contributed by atoms with Crippen molar-refractivity contribution in [3.63, 3.8) is 0 Å². The molecule has 104 valence electrons. The van der Waals surface area contributed by atoms with E-state index >= 15 is 0 Å². The van der Waals surface area contributed by atoms with Crippen LogP contribution in [0.2, 0.25) is 0 Å². The molecule has 2 heterocycles. The summed E-state index contributed by atoms with van der Waals surface area (Å²) in [6.07, 6.45) is 2.60. The van der Waals surface area contributed by atoms with Crippen molar-refractivity contribution >= 4 is 5.65 Å². The lowest BCUT2D eigenvalue weighted by molar-refractivity contribution is 0.392. The maximum atomic E-state index is 5.52. The number of rotatable bonds is 2. The first kappa shape index (κ1) is 13.3. The van der Waals surface area contributed by atoms with Crippen LogP contribution >= 0.6 is 0 Å². The summed E-state index contributed by atoms with van der Waals surface area (Å²) < 4.78 is 7.46. The Morgan fingerprint density at radius 2 is 1.95 bits per heavy atom. The first-order valence-electron chi connectivity index (χ1n) is 6.93. The molecule has 3 rings (SSSR count). The number of hydrogen-bond donors (Lipinski definition) is 0. The van der Waals surface area contributed by atoms with Crippen LogP contribution in [0, 0.1) is 11.8 Å². The normalized spacial score (nSPS) is 10.2. The summed E-state index contributed by atoms with van der Waals surface area (Å²) in [5.74, 6) is 6.94. The van der Waals surface area contributed by atoms with Gasteiger partial charge in [0.15, 0.2) is 0 Å². The van der Waals surface area contributed by atoms with Gasteiger partial charge >= 0.3 is 0 Å². The van der Waals surface area contributed by atoms with Gasteiger partial charge in [0.05, 0.1) is 13.3 Å². The van der Waals surface area contributed by atoms with Crippen LogP contribution in [-0.4, -0.2) is 16.5 Å². The Morgan fingerprint density at radius 3 is 2.67 bits per heavy atom. The molecule has 0 radical (unpaired) electrons. The van der Waals surface area contributed by atoms with Crippen molar-refractivity contribution in [2.45, 2.75) is 13.3 Å². The van der Waals surface area contributed by atoms with Gasteiger partial charge in [-0.1, -0.05) is 43.2 Å². The molecular weight excluding hydrogens is 260 g/mol. The number of methoxy groups -OCH3 is 1. The quantitative estimate of drug-likeness (QED) is 0.666. The van der Waals surface area contributed by atoms with E-state index in [0.717, 1.165) is 34.8 Å². The van der Waals surface area contributed by atoms with Gasteiger partial charge in [0.25, 0.3) is 0 Å². The summed E-state index contributed by atoms with van der Waals surface area (Å²) >= 11 is 0. The summed E-state index contributed by atoms with van der Waals surface area (Å²) in [4.78, 5) is 4.45. The largest absolute Gasteiger partial charge is 0.482 e. The minimum Gasteiger partial charge on any atom is -0.482 e. The van der Waals surface area contributed by atoms with Crippen molar-refractivity contribution < 1.29 is 4.74 Å². The highest BCUT2D eigenvalue weighted by molar-refractivity contribution is 5.69. The number of benzene rings is 1. The molecule has 0 aliphatic heterocycles. The molecule has 3 heteroatoms. The van der Waals surface area contributed by atoms with E-state index in [-0.39, 0.29) is 0 Å². The highest BCUT2D eigenvalue weighted by atomic mass is 16.5. The van der Waals surface area contributed by atoms with Crippen molar-refractivity contribution in [1.82, 2.24) is 9.38 Å². The summed E-state index contributed by atoms with van der Waals surface area (Å²) in [6.45, 7) is 2.03. The number of hydrogen-bond acceptors (Lipinski definition) is 2. The van der Waals surface area contributed by atoms with Crippen LogP contribution in [0.1, 0.15) is 19.0 Å². The predicted octanol–water partition coefficient (Wildman–Crippen LogP) is 3.77. The zero-order valence-electron chi connectivity index (χ0n) is 12.1. The zero-order valence-corrected chi connectivity index (χ0v) is 12.1. The molecule has 21 heavy (non-hydrogen) atoms. The second-order valence-electron chi connectivity index (χ2n) is 4.64. The Bertz CT molecular complexity index is 823. The maximum Gasteiger partial charge on any atom is 0.200 e. The Balaban J connectivity index is 2.20. The van der Waals surface area contributed by atoms with Crippen LogP contribution in [0.3, 0.4) is 0 Å². The van der Waals surface area contributed by atoms with Crippen molar-refractivity contribution in [3.05, 3.63) is 54.4 Å². The van der Waals surface area contributed by atoms with E-state index in [0.29, 0.717) is 0 Å². The SMILES string of the molecule is CCC#Cc1cnc2cc(-c3ccccc3)cc(OC)n12. The molecule has 0 saturated carbocycles.